The van der Waals surface area contributed by atoms with Crippen LogP contribution < -0.4 is 9.47 Å². The van der Waals surface area contributed by atoms with Crippen LogP contribution in [0.1, 0.15) is 31.4 Å². The molecule has 2 aromatic rings. The third-order valence-electron chi connectivity index (χ3n) is 3.81. The number of hydrogen-bond donors (Lipinski definition) is 0. The van der Waals surface area contributed by atoms with Gasteiger partial charge in [-0.15, -0.1) is 11.8 Å². The Labute approximate surface area is 155 Å². The molecule has 3 heteroatoms. The summed E-state index contributed by atoms with van der Waals surface area (Å²) in [6.45, 7) is 4.34. The van der Waals surface area contributed by atoms with Gasteiger partial charge >= 0.3 is 0 Å². The van der Waals surface area contributed by atoms with Gasteiger partial charge in [-0.2, -0.15) is 0 Å². The third-order valence-corrected chi connectivity index (χ3v) is 4.84. The summed E-state index contributed by atoms with van der Waals surface area (Å²) in [4.78, 5) is 1.28. The summed E-state index contributed by atoms with van der Waals surface area (Å²) in [5.41, 5.74) is 3.64. The lowest BCUT2D eigenvalue weighted by Crippen LogP contribution is -1.91. The minimum atomic E-state index is 0.872. The van der Waals surface area contributed by atoms with Crippen molar-refractivity contribution in [3.8, 4) is 11.5 Å². The SMILES string of the molecule is CC/C=C/C(=C(\SCC)c1ccc(OC)cc1)c1ccc(OC)cc1. The van der Waals surface area contributed by atoms with Crippen LogP contribution in [-0.2, 0) is 0 Å². The van der Waals surface area contributed by atoms with Gasteiger partial charge in [0.15, 0.2) is 0 Å². The molecule has 25 heavy (non-hydrogen) atoms. The van der Waals surface area contributed by atoms with Gasteiger partial charge < -0.3 is 9.47 Å². The van der Waals surface area contributed by atoms with E-state index in [9.17, 15) is 0 Å². The lowest BCUT2D eigenvalue weighted by Gasteiger charge is -2.14. The Kier molecular flexibility index (Phi) is 7.68. The molecule has 2 aromatic carbocycles. The first-order chi connectivity index (χ1) is 12.2. The molecular weight excluding hydrogens is 328 g/mol. The van der Waals surface area contributed by atoms with Gasteiger partial charge in [-0.1, -0.05) is 50.3 Å². The Balaban J connectivity index is 2.57. The van der Waals surface area contributed by atoms with E-state index in [1.54, 1.807) is 14.2 Å². The summed E-state index contributed by atoms with van der Waals surface area (Å²) < 4.78 is 10.6. The molecule has 0 N–H and O–H groups in total. The van der Waals surface area contributed by atoms with Crippen LogP contribution in [0, 0.1) is 0 Å². The van der Waals surface area contributed by atoms with E-state index in [2.05, 4.69) is 50.3 Å². The van der Waals surface area contributed by atoms with Crippen molar-refractivity contribution in [2.75, 3.05) is 20.0 Å². The maximum absolute atomic E-state index is 5.30. The van der Waals surface area contributed by atoms with E-state index in [1.807, 2.05) is 36.0 Å². The van der Waals surface area contributed by atoms with Gasteiger partial charge in [0.25, 0.3) is 0 Å². The highest BCUT2D eigenvalue weighted by molar-refractivity contribution is 8.08. The van der Waals surface area contributed by atoms with Crippen molar-refractivity contribution in [2.45, 2.75) is 20.3 Å². The summed E-state index contributed by atoms with van der Waals surface area (Å²) in [7, 11) is 3.39. The van der Waals surface area contributed by atoms with Crippen LogP contribution in [0.15, 0.2) is 60.7 Å². The lowest BCUT2D eigenvalue weighted by molar-refractivity contribution is 0.414. The number of methoxy groups -OCH3 is 2. The van der Waals surface area contributed by atoms with Crippen LogP contribution >= 0.6 is 11.8 Å². The molecule has 2 rings (SSSR count). The first-order valence-electron chi connectivity index (χ1n) is 8.55. The fraction of sp³-hybridized carbons (Fsp3) is 0.273. The zero-order valence-electron chi connectivity index (χ0n) is 15.4. The number of hydrogen-bond acceptors (Lipinski definition) is 3. The Bertz CT molecular complexity index is 713. The molecule has 0 spiro atoms. The molecule has 0 aliphatic rings. The zero-order chi connectivity index (χ0) is 18.1. The van der Waals surface area contributed by atoms with Crippen molar-refractivity contribution in [1.82, 2.24) is 0 Å². The number of thioether (sulfide) groups is 1. The van der Waals surface area contributed by atoms with E-state index in [0.717, 1.165) is 23.7 Å². The monoisotopic (exact) mass is 354 g/mol. The van der Waals surface area contributed by atoms with Crippen LogP contribution in [0.3, 0.4) is 0 Å². The molecule has 2 nitrogen and oxygen atoms in total. The molecule has 0 atom stereocenters. The first-order valence-corrected chi connectivity index (χ1v) is 9.54. The Morgan fingerprint density at radius 3 is 1.80 bits per heavy atom. The molecule has 0 fully saturated rings. The summed E-state index contributed by atoms with van der Waals surface area (Å²) in [5.74, 6) is 2.76. The van der Waals surface area contributed by atoms with Crippen LogP contribution in [0.2, 0.25) is 0 Å². The number of benzene rings is 2. The highest BCUT2D eigenvalue weighted by atomic mass is 32.2. The van der Waals surface area contributed by atoms with Gasteiger partial charge in [0, 0.05) is 4.91 Å². The number of ether oxygens (including phenoxy) is 2. The standard InChI is InChI=1S/C22H26O2S/c1-5-7-8-21(17-9-13-19(23-3)14-10-17)22(25-6-2)18-11-15-20(24-4)16-12-18/h7-16H,5-6H2,1-4H3/b8-7+,22-21+. The highest BCUT2D eigenvalue weighted by Gasteiger charge is 2.10. The second kappa shape index (κ2) is 10.00. The molecule has 0 saturated carbocycles. The van der Waals surface area contributed by atoms with Crippen LogP contribution in [0.5, 0.6) is 11.5 Å². The van der Waals surface area contributed by atoms with Crippen LogP contribution in [0.25, 0.3) is 10.5 Å². The second-order valence-corrected chi connectivity index (χ2v) is 6.72. The van der Waals surface area contributed by atoms with Gasteiger partial charge in [-0.25, -0.2) is 0 Å². The predicted octanol–water partition coefficient (Wildman–Crippen LogP) is 6.29. The minimum absolute atomic E-state index is 0.872. The predicted molar refractivity (Wildman–Crippen MR) is 110 cm³/mol. The molecule has 0 saturated heterocycles. The Morgan fingerprint density at radius 2 is 1.36 bits per heavy atom. The van der Waals surface area contributed by atoms with E-state index < -0.39 is 0 Å². The van der Waals surface area contributed by atoms with Crippen LogP contribution in [-0.4, -0.2) is 20.0 Å². The van der Waals surface area contributed by atoms with Crippen molar-refractivity contribution in [3.05, 3.63) is 71.8 Å². The zero-order valence-corrected chi connectivity index (χ0v) is 16.2. The van der Waals surface area contributed by atoms with Crippen molar-refractivity contribution in [3.63, 3.8) is 0 Å². The topological polar surface area (TPSA) is 18.5 Å². The molecule has 0 bridgehead atoms. The van der Waals surface area contributed by atoms with Crippen molar-refractivity contribution in [2.24, 2.45) is 0 Å². The van der Waals surface area contributed by atoms with Crippen molar-refractivity contribution in [1.29, 1.82) is 0 Å². The average molecular weight is 355 g/mol. The normalized spacial score (nSPS) is 12.2. The van der Waals surface area contributed by atoms with Gasteiger partial charge in [-0.3, -0.25) is 0 Å². The summed E-state index contributed by atoms with van der Waals surface area (Å²) in [6, 6.07) is 16.5. The highest BCUT2D eigenvalue weighted by Crippen LogP contribution is 2.37. The molecule has 0 aliphatic carbocycles. The second-order valence-electron chi connectivity index (χ2n) is 5.44. The minimum Gasteiger partial charge on any atom is -0.497 e. The fourth-order valence-corrected chi connectivity index (χ4v) is 3.45. The van der Waals surface area contributed by atoms with Crippen LogP contribution in [0.4, 0.5) is 0 Å². The maximum atomic E-state index is 5.30. The van der Waals surface area contributed by atoms with Crippen molar-refractivity contribution < 1.29 is 9.47 Å². The largest absolute Gasteiger partial charge is 0.497 e. The number of allylic oxidation sites excluding steroid dienone is 3. The summed E-state index contributed by atoms with van der Waals surface area (Å²) in [5, 5.41) is 0. The molecule has 0 radical (unpaired) electrons. The molecule has 0 unspecified atom stereocenters. The average Bonchev–Trinajstić information content (AvgIpc) is 2.68. The molecule has 0 aliphatic heterocycles. The molecule has 0 aromatic heterocycles. The number of rotatable bonds is 8. The summed E-state index contributed by atoms with van der Waals surface area (Å²) in [6.07, 6.45) is 5.44. The van der Waals surface area contributed by atoms with Crippen molar-refractivity contribution >= 4 is 22.2 Å². The quantitative estimate of drug-likeness (QED) is 0.410. The molecule has 0 heterocycles. The van der Waals surface area contributed by atoms with E-state index in [1.165, 1.54) is 21.6 Å². The smallest absolute Gasteiger partial charge is 0.118 e. The van der Waals surface area contributed by atoms with E-state index >= 15 is 0 Å². The maximum Gasteiger partial charge on any atom is 0.118 e. The Morgan fingerprint density at radius 1 is 0.840 bits per heavy atom. The van der Waals surface area contributed by atoms with Gasteiger partial charge in [0.05, 0.1) is 14.2 Å². The lowest BCUT2D eigenvalue weighted by atomic mass is 10.0. The Hall–Kier alpha value is -2.13. The fourth-order valence-electron chi connectivity index (χ4n) is 2.51. The van der Waals surface area contributed by atoms with E-state index in [0.29, 0.717) is 0 Å². The third kappa shape index (κ3) is 5.17. The molecule has 0 amide bonds. The first kappa shape index (κ1) is 19.2. The van der Waals surface area contributed by atoms with E-state index in [-0.39, 0.29) is 0 Å². The van der Waals surface area contributed by atoms with E-state index in [4.69, 9.17) is 9.47 Å². The van der Waals surface area contributed by atoms with Gasteiger partial charge in [0.1, 0.15) is 11.5 Å². The molecular formula is C22H26O2S. The summed E-state index contributed by atoms with van der Waals surface area (Å²) >= 11 is 1.86. The van der Waals surface area contributed by atoms with Gasteiger partial charge in [-0.05, 0) is 53.1 Å². The molecule has 132 valence electrons. The van der Waals surface area contributed by atoms with Gasteiger partial charge in [0.2, 0.25) is 0 Å².